The van der Waals surface area contributed by atoms with Crippen molar-refractivity contribution in [3.05, 3.63) is 69.8 Å². The van der Waals surface area contributed by atoms with Gasteiger partial charge in [0.15, 0.2) is 28.5 Å². The van der Waals surface area contributed by atoms with Crippen molar-refractivity contribution >= 4 is 27.9 Å². The van der Waals surface area contributed by atoms with Gasteiger partial charge in [-0.1, -0.05) is 18.2 Å². The molecule has 3 aromatic heterocycles. The number of anilines is 1. The smallest absolute Gasteiger partial charge is 0.259 e. The van der Waals surface area contributed by atoms with Gasteiger partial charge in [0.2, 0.25) is 0 Å². The lowest BCUT2D eigenvalue weighted by molar-refractivity contribution is 0.354. The molecule has 2 aromatic carbocycles. The molecule has 0 bridgehead atoms. The van der Waals surface area contributed by atoms with E-state index in [-0.39, 0.29) is 34.1 Å². The second-order valence-electron chi connectivity index (χ2n) is 8.10. The molecule has 0 unspecified atom stereocenters. The summed E-state index contributed by atoms with van der Waals surface area (Å²) in [6.07, 6.45) is 0.527. The fourth-order valence-corrected chi connectivity index (χ4v) is 4.25. The number of hydrogen-bond donors (Lipinski definition) is 2. The number of aryl methyl sites for hydroxylation is 2. The summed E-state index contributed by atoms with van der Waals surface area (Å²) in [5, 5.41) is 19.5. The summed E-state index contributed by atoms with van der Waals surface area (Å²) >= 11 is 0. The summed E-state index contributed by atoms with van der Waals surface area (Å²) in [6.45, 7) is 0.362. The number of nitrogen functional groups attached to an aromatic ring is 1. The molecule has 5 aromatic rings. The van der Waals surface area contributed by atoms with Gasteiger partial charge >= 0.3 is 0 Å². The van der Waals surface area contributed by atoms with E-state index in [1.165, 1.54) is 0 Å². The third-order valence-corrected chi connectivity index (χ3v) is 6.05. The molecule has 0 aliphatic carbocycles. The van der Waals surface area contributed by atoms with Crippen LogP contribution in [0.2, 0.25) is 0 Å². The minimum absolute atomic E-state index is 0.119. The first-order valence-electron chi connectivity index (χ1n) is 11.2. The Kier molecular flexibility index (Phi) is 5.88. The van der Waals surface area contributed by atoms with Gasteiger partial charge in [0, 0.05) is 6.54 Å². The molecule has 182 valence electrons. The minimum Gasteiger partial charge on any atom is -0.493 e. The van der Waals surface area contributed by atoms with E-state index in [4.69, 9.17) is 15.2 Å². The molecule has 11 heteroatoms. The highest BCUT2D eigenvalue weighted by Crippen LogP contribution is 2.34. The van der Waals surface area contributed by atoms with Crippen LogP contribution < -0.4 is 20.8 Å². The fraction of sp³-hybridized carbons (Fsp3) is 0.154. The van der Waals surface area contributed by atoms with Crippen LogP contribution in [0.3, 0.4) is 0 Å². The summed E-state index contributed by atoms with van der Waals surface area (Å²) in [6, 6.07) is 16.3. The molecule has 0 saturated carbocycles. The van der Waals surface area contributed by atoms with E-state index < -0.39 is 0 Å². The summed E-state index contributed by atoms with van der Waals surface area (Å²) in [5.41, 5.74) is 8.33. The molecule has 0 spiro atoms. The Morgan fingerprint density at radius 1 is 1.00 bits per heavy atom. The van der Waals surface area contributed by atoms with Gasteiger partial charge in [-0.2, -0.15) is 10.5 Å². The summed E-state index contributed by atoms with van der Waals surface area (Å²) in [5.74, 6) is 1.64. The molecule has 0 aliphatic heterocycles. The maximum Gasteiger partial charge on any atom is 0.259 e. The van der Waals surface area contributed by atoms with E-state index in [1.807, 2.05) is 30.3 Å². The van der Waals surface area contributed by atoms with Gasteiger partial charge in [0.05, 0.1) is 30.7 Å². The zero-order chi connectivity index (χ0) is 26.1. The molecule has 11 nitrogen and oxygen atoms in total. The van der Waals surface area contributed by atoms with E-state index in [1.54, 1.807) is 43.1 Å². The molecular formula is C26H20N8O3. The standard InChI is InChI=1S/C26H20N8O3/c1-36-19-8-7-14(11-20(19)37-2)9-10-34-23(29)21(22-25(34)32-18(13-28)17(12-27)30-22)24-31-16-6-4-3-5-15(16)26(35)33-24/h3-8,11H,9-10,29H2,1-2H3,(H,31,33,35). The lowest BCUT2D eigenvalue weighted by Gasteiger charge is -2.11. The topological polar surface area (TPSA) is 169 Å². The number of H-pyrrole nitrogens is 1. The molecule has 0 amide bonds. The van der Waals surface area contributed by atoms with Gasteiger partial charge in [-0.05, 0) is 36.2 Å². The fourth-order valence-electron chi connectivity index (χ4n) is 4.25. The highest BCUT2D eigenvalue weighted by atomic mass is 16.5. The van der Waals surface area contributed by atoms with Crippen molar-refractivity contribution in [1.29, 1.82) is 10.5 Å². The molecule has 0 atom stereocenters. The summed E-state index contributed by atoms with van der Waals surface area (Å²) in [4.78, 5) is 28.9. The van der Waals surface area contributed by atoms with Crippen molar-refractivity contribution < 1.29 is 9.47 Å². The zero-order valence-electron chi connectivity index (χ0n) is 19.9. The number of nitrogens with zero attached hydrogens (tertiary/aromatic N) is 6. The number of nitrogens with one attached hydrogen (secondary N) is 1. The van der Waals surface area contributed by atoms with Gasteiger partial charge in [0.1, 0.15) is 29.3 Å². The van der Waals surface area contributed by atoms with Gasteiger partial charge in [-0.15, -0.1) is 0 Å². The monoisotopic (exact) mass is 492 g/mol. The Morgan fingerprint density at radius 2 is 1.73 bits per heavy atom. The van der Waals surface area contributed by atoms with E-state index in [9.17, 15) is 15.3 Å². The molecule has 37 heavy (non-hydrogen) atoms. The molecule has 3 heterocycles. The first kappa shape index (κ1) is 23.3. The van der Waals surface area contributed by atoms with Crippen LogP contribution in [-0.2, 0) is 13.0 Å². The van der Waals surface area contributed by atoms with Crippen LogP contribution in [0.4, 0.5) is 5.82 Å². The van der Waals surface area contributed by atoms with Crippen LogP contribution in [-0.4, -0.2) is 38.7 Å². The zero-order valence-corrected chi connectivity index (χ0v) is 19.9. The van der Waals surface area contributed by atoms with E-state index in [0.29, 0.717) is 46.6 Å². The van der Waals surface area contributed by atoms with Crippen molar-refractivity contribution in [3.8, 4) is 35.0 Å². The quantitative estimate of drug-likeness (QED) is 0.362. The molecule has 0 aliphatic rings. The Morgan fingerprint density at radius 3 is 2.46 bits per heavy atom. The molecular weight excluding hydrogens is 472 g/mol. The van der Waals surface area contributed by atoms with Crippen LogP contribution in [0.1, 0.15) is 17.0 Å². The Bertz CT molecular complexity index is 1830. The predicted octanol–water partition coefficient (Wildman–Crippen LogP) is 2.92. The van der Waals surface area contributed by atoms with Gasteiger partial charge < -0.3 is 24.8 Å². The third-order valence-electron chi connectivity index (χ3n) is 6.05. The van der Waals surface area contributed by atoms with Crippen molar-refractivity contribution in [2.24, 2.45) is 0 Å². The summed E-state index contributed by atoms with van der Waals surface area (Å²) < 4.78 is 12.4. The largest absolute Gasteiger partial charge is 0.493 e. The average Bonchev–Trinajstić information content (AvgIpc) is 3.20. The normalized spacial score (nSPS) is 10.8. The van der Waals surface area contributed by atoms with E-state index in [2.05, 4.69) is 19.9 Å². The van der Waals surface area contributed by atoms with Crippen LogP contribution in [0, 0.1) is 22.7 Å². The Hall–Kier alpha value is -5.42. The van der Waals surface area contributed by atoms with E-state index >= 15 is 0 Å². The van der Waals surface area contributed by atoms with Crippen molar-refractivity contribution in [3.63, 3.8) is 0 Å². The predicted molar refractivity (Wildman–Crippen MR) is 136 cm³/mol. The second kappa shape index (κ2) is 9.32. The molecule has 0 fully saturated rings. The molecule has 0 radical (unpaired) electrons. The Balaban J connectivity index is 1.69. The van der Waals surface area contributed by atoms with Crippen molar-refractivity contribution in [1.82, 2.24) is 24.5 Å². The third kappa shape index (κ3) is 3.94. The van der Waals surface area contributed by atoms with Gasteiger partial charge in [-0.3, -0.25) is 4.79 Å². The molecule has 0 saturated heterocycles. The van der Waals surface area contributed by atoms with Crippen LogP contribution >= 0.6 is 0 Å². The van der Waals surface area contributed by atoms with Crippen molar-refractivity contribution in [2.45, 2.75) is 13.0 Å². The first-order valence-corrected chi connectivity index (χ1v) is 11.2. The van der Waals surface area contributed by atoms with Crippen molar-refractivity contribution in [2.75, 3.05) is 20.0 Å². The van der Waals surface area contributed by atoms with Crippen LogP contribution in [0.5, 0.6) is 11.5 Å². The Labute approximate surface area is 210 Å². The summed E-state index contributed by atoms with van der Waals surface area (Å²) in [7, 11) is 3.13. The number of methoxy groups -OCH3 is 2. The second-order valence-corrected chi connectivity index (χ2v) is 8.10. The number of para-hydroxylation sites is 1. The first-order chi connectivity index (χ1) is 18.0. The number of benzene rings is 2. The van der Waals surface area contributed by atoms with Crippen LogP contribution in [0.25, 0.3) is 33.5 Å². The number of nitrogens with two attached hydrogens (primary N) is 1. The lowest BCUT2D eigenvalue weighted by atomic mass is 10.1. The lowest BCUT2D eigenvalue weighted by Crippen LogP contribution is -2.11. The molecule has 3 N–H and O–H groups in total. The van der Waals surface area contributed by atoms with Gasteiger partial charge in [-0.25, -0.2) is 15.0 Å². The number of rotatable bonds is 6. The number of nitriles is 2. The highest BCUT2D eigenvalue weighted by Gasteiger charge is 2.24. The van der Waals surface area contributed by atoms with Gasteiger partial charge in [0.25, 0.3) is 5.56 Å². The van der Waals surface area contributed by atoms with Crippen LogP contribution in [0.15, 0.2) is 47.3 Å². The number of fused-ring (bicyclic) bond motifs is 2. The molecule has 5 rings (SSSR count). The average molecular weight is 492 g/mol. The number of aromatic amines is 1. The number of hydrogen-bond acceptors (Lipinski definition) is 9. The number of ether oxygens (including phenoxy) is 2. The maximum absolute atomic E-state index is 12.8. The minimum atomic E-state index is -0.340. The maximum atomic E-state index is 12.8. The number of aromatic nitrogens is 5. The van der Waals surface area contributed by atoms with E-state index in [0.717, 1.165) is 5.56 Å². The highest BCUT2D eigenvalue weighted by molar-refractivity contribution is 5.98. The SMILES string of the molecule is COc1ccc(CCn2c(N)c(-c3nc4ccccc4c(=O)[nH]3)c3nc(C#N)c(C#N)nc32)cc1OC.